The number of carbonyl (C=O) groups excluding carboxylic acids is 2. The Morgan fingerprint density at radius 2 is 1.61 bits per heavy atom. The third-order valence-electron chi connectivity index (χ3n) is 4.46. The van der Waals surface area contributed by atoms with Gasteiger partial charge < -0.3 is 10.1 Å². The molecule has 158 valence electrons. The molecule has 0 aliphatic carbocycles. The first kappa shape index (κ1) is 21.8. The molecule has 0 aromatic heterocycles. The summed E-state index contributed by atoms with van der Waals surface area (Å²) < 4.78 is 5.89. The number of anilines is 1. The van der Waals surface area contributed by atoms with Crippen molar-refractivity contribution in [2.45, 2.75) is 20.5 Å². The fraction of sp³-hybridized carbons (Fsp3) is 0.160. The zero-order chi connectivity index (χ0) is 22.1. The molecule has 0 radical (unpaired) electrons. The van der Waals surface area contributed by atoms with Crippen LogP contribution in [0, 0.1) is 5.92 Å². The van der Waals surface area contributed by atoms with Crippen molar-refractivity contribution in [1.82, 2.24) is 5.43 Å². The number of para-hydroxylation sites is 1. The van der Waals surface area contributed by atoms with Gasteiger partial charge in [0.15, 0.2) is 0 Å². The van der Waals surface area contributed by atoms with Crippen LogP contribution in [0.1, 0.15) is 35.3 Å². The number of rotatable bonds is 8. The van der Waals surface area contributed by atoms with Gasteiger partial charge in [-0.25, -0.2) is 5.43 Å². The van der Waals surface area contributed by atoms with E-state index in [4.69, 9.17) is 4.74 Å². The third-order valence-corrected chi connectivity index (χ3v) is 4.46. The fourth-order valence-corrected chi connectivity index (χ4v) is 2.67. The second-order valence-electron chi connectivity index (χ2n) is 7.23. The van der Waals surface area contributed by atoms with E-state index in [-0.39, 0.29) is 17.7 Å². The normalized spacial score (nSPS) is 10.8. The van der Waals surface area contributed by atoms with Crippen LogP contribution in [0.25, 0.3) is 0 Å². The number of nitrogens with zero attached hydrogens (tertiary/aromatic N) is 1. The molecular weight excluding hydrogens is 390 g/mol. The standard InChI is InChI=1S/C25H25N3O3/c1-18(2)24(29)27-22-14-12-20(13-15-22)25(30)28-26-16-21-10-6-7-11-23(21)31-17-19-8-4-3-5-9-19/h3-16,18H,17H2,1-2H3,(H,27,29)(H,28,30). The average Bonchev–Trinajstić information content (AvgIpc) is 2.79. The predicted octanol–water partition coefficient (Wildman–Crippen LogP) is 4.62. The van der Waals surface area contributed by atoms with Gasteiger partial charge in [0.25, 0.3) is 5.91 Å². The number of ether oxygens (including phenoxy) is 1. The van der Waals surface area contributed by atoms with E-state index in [0.29, 0.717) is 23.6 Å². The first-order valence-electron chi connectivity index (χ1n) is 10.0. The summed E-state index contributed by atoms with van der Waals surface area (Å²) >= 11 is 0. The zero-order valence-electron chi connectivity index (χ0n) is 17.5. The van der Waals surface area contributed by atoms with E-state index in [1.165, 1.54) is 0 Å². The predicted molar refractivity (Wildman–Crippen MR) is 122 cm³/mol. The van der Waals surface area contributed by atoms with E-state index in [2.05, 4.69) is 15.8 Å². The maximum Gasteiger partial charge on any atom is 0.271 e. The van der Waals surface area contributed by atoms with Gasteiger partial charge in [0.05, 0.1) is 6.21 Å². The number of amides is 2. The Morgan fingerprint density at radius 3 is 2.32 bits per heavy atom. The Bertz CT molecular complexity index is 1050. The van der Waals surface area contributed by atoms with Crippen molar-refractivity contribution in [1.29, 1.82) is 0 Å². The van der Waals surface area contributed by atoms with E-state index in [9.17, 15) is 9.59 Å². The van der Waals surface area contributed by atoms with Crippen LogP contribution in [0.5, 0.6) is 5.75 Å². The fourth-order valence-electron chi connectivity index (χ4n) is 2.67. The highest BCUT2D eigenvalue weighted by molar-refractivity contribution is 5.96. The van der Waals surface area contributed by atoms with Gasteiger partial charge in [0.1, 0.15) is 12.4 Å². The molecule has 3 rings (SSSR count). The van der Waals surface area contributed by atoms with Crippen molar-refractivity contribution in [3.8, 4) is 5.75 Å². The summed E-state index contributed by atoms with van der Waals surface area (Å²) in [6, 6.07) is 24.0. The van der Waals surface area contributed by atoms with Crippen LogP contribution in [-0.2, 0) is 11.4 Å². The lowest BCUT2D eigenvalue weighted by molar-refractivity contribution is -0.118. The smallest absolute Gasteiger partial charge is 0.271 e. The van der Waals surface area contributed by atoms with E-state index in [1.54, 1.807) is 30.5 Å². The van der Waals surface area contributed by atoms with Gasteiger partial charge in [-0.3, -0.25) is 9.59 Å². The zero-order valence-corrected chi connectivity index (χ0v) is 17.5. The summed E-state index contributed by atoms with van der Waals surface area (Å²) in [5, 5.41) is 6.84. The Morgan fingerprint density at radius 1 is 0.935 bits per heavy atom. The van der Waals surface area contributed by atoms with Gasteiger partial charge in [-0.05, 0) is 42.0 Å². The summed E-state index contributed by atoms with van der Waals surface area (Å²) in [4.78, 5) is 24.1. The van der Waals surface area contributed by atoms with Crippen molar-refractivity contribution in [2.75, 3.05) is 5.32 Å². The van der Waals surface area contributed by atoms with Crippen LogP contribution in [0.4, 0.5) is 5.69 Å². The monoisotopic (exact) mass is 415 g/mol. The van der Waals surface area contributed by atoms with Crippen molar-refractivity contribution in [3.63, 3.8) is 0 Å². The van der Waals surface area contributed by atoms with Crippen molar-refractivity contribution in [2.24, 2.45) is 11.0 Å². The lowest BCUT2D eigenvalue weighted by Gasteiger charge is -2.09. The number of hydrogen-bond acceptors (Lipinski definition) is 4. The second-order valence-corrected chi connectivity index (χ2v) is 7.23. The molecule has 0 fully saturated rings. The summed E-state index contributed by atoms with van der Waals surface area (Å²) in [6.45, 7) is 4.08. The molecule has 6 nitrogen and oxygen atoms in total. The van der Waals surface area contributed by atoms with E-state index < -0.39 is 0 Å². The van der Waals surface area contributed by atoms with E-state index >= 15 is 0 Å². The minimum atomic E-state index is -0.347. The topological polar surface area (TPSA) is 79.8 Å². The minimum Gasteiger partial charge on any atom is -0.488 e. The molecule has 6 heteroatoms. The number of nitrogens with one attached hydrogen (secondary N) is 2. The average molecular weight is 415 g/mol. The van der Waals surface area contributed by atoms with Gasteiger partial charge in [0.2, 0.25) is 5.91 Å². The third kappa shape index (κ3) is 6.54. The van der Waals surface area contributed by atoms with Gasteiger partial charge in [-0.1, -0.05) is 56.3 Å². The van der Waals surface area contributed by atoms with E-state index in [1.807, 2.05) is 68.4 Å². The molecule has 0 atom stereocenters. The maximum atomic E-state index is 12.3. The molecule has 0 aliphatic heterocycles. The minimum absolute atomic E-state index is 0.0741. The molecule has 0 saturated heterocycles. The van der Waals surface area contributed by atoms with Gasteiger partial charge in [-0.15, -0.1) is 0 Å². The Labute approximate surface area is 182 Å². The molecule has 0 saturated carbocycles. The SMILES string of the molecule is CC(C)C(=O)Nc1ccc(C(=O)NN=Cc2ccccc2OCc2ccccc2)cc1. The van der Waals surface area contributed by atoms with Gasteiger partial charge >= 0.3 is 0 Å². The number of hydrazone groups is 1. The maximum absolute atomic E-state index is 12.3. The lowest BCUT2D eigenvalue weighted by Crippen LogP contribution is -2.19. The van der Waals surface area contributed by atoms with Crippen molar-refractivity contribution >= 4 is 23.7 Å². The van der Waals surface area contributed by atoms with Crippen molar-refractivity contribution < 1.29 is 14.3 Å². The molecule has 2 N–H and O–H groups in total. The summed E-state index contributed by atoms with van der Waals surface area (Å²) in [7, 11) is 0. The number of benzene rings is 3. The molecule has 0 unspecified atom stereocenters. The molecule has 31 heavy (non-hydrogen) atoms. The van der Waals surface area contributed by atoms with Crippen molar-refractivity contribution in [3.05, 3.63) is 95.6 Å². The molecule has 0 heterocycles. The summed E-state index contributed by atoms with van der Waals surface area (Å²) in [5.41, 5.74) is 5.42. The molecule has 2 amide bonds. The highest BCUT2D eigenvalue weighted by atomic mass is 16.5. The Hall–Kier alpha value is -3.93. The largest absolute Gasteiger partial charge is 0.488 e. The highest BCUT2D eigenvalue weighted by Crippen LogP contribution is 2.17. The quantitative estimate of drug-likeness (QED) is 0.416. The van der Waals surface area contributed by atoms with Crippen LogP contribution < -0.4 is 15.5 Å². The molecule has 0 spiro atoms. The Kier molecular flexibility index (Phi) is 7.54. The number of carbonyl (C=O) groups is 2. The molecule has 0 aliphatic rings. The first-order chi connectivity index (χ1) is 15.0. The van der Waals surface area contributed by atoms with Gasteiger partial charge in [-0.2, -0.15) is 5.10 Å². The van der Waals surface area contributed by atoms with Crippen LogP contribution >= 0.6 is 0 Å². The van der Waals surface area contributed by atoms with Crippen LogP contribution in [0.15, 0.2) is 84.0 Å². The number of hydrogen-bond donors (Lipinski definition) is 2. The lowest BCUT2D eigenvalue weighted by atomic mass is 10.1. The second kappa shape index (κ2) is 10.7. The first-order valence-corrected chi connectivity index (χ1v) is 10.0. The molecule has 3 aromatic carbocycles. The summed E-state index contributed by atoms with van der Waals surface area (Å²) in [6.07, 6.45) is 1.55. The molecule has 3 aromatic rings. The van der Waals surface area contributed by atoms with Crippen LogP contribution in [-0.4, -0.2) is 18.0 Å². The van der Waals surface area contributed by atoms with Crippen LogP contribution in [0.2, 0.25) is 0 Å². The van der Waals surface area contributed by atoms with E-state index in [0.717, 1.165) is 11.1 Å². The highest BCUT2D eigenvalue weighted by Gasteiger charge is 2.09. The Balaban J connectivity index is 1.58. The van der Waals surface area contributed by atoms with Crippen LogP contribution in [0.3, 0.4) is 0 Å². The summed E-state index contributed by atoms with van der Waals surface area (Å²) in [5.74, 6) is 0.141. The molecular formula is C25H25N3O3. The molecule has 0 bridgehead atoms. The van der Waals surface area contributed by atoms with Gasteiger partial charge in [0, 0.05) is 22.7 Å².